The molecule has 3 rings (SSSR count). The summed E-state index contributed by atoms with van der Waals surface area (Å²) in [4.78, 5) is 38.6. The van der Waals surface area contributed by atoms with Crippen LogP contribution in [0.25, 0.3) is 0 Å². The number of rotatable bonds is 3. The molecule has 29 heavy (non-hydrogen) atoms. The Morgan fingerprint density at radius 2 is 1.86 bits per heavy atom. The number of carbonyl (C=O) groups is 3. The summed E-state index contributed by atoms with van der Waals surface area (Å²) in [5.41, 5.74) is 1.32. The third-order valence-corrected chi connectivity index (χ3v) is 5.47. The van der Waals surface area contributed by atoms with Gasteiger partial charge in [0, 0.05) is 11.4 Å². The molecule has 158 valence electrons. The van der Waals surface area contributed by atoms with Crippen molar-refractivity contribution in [1.29, 1.82) is 0 Å². The van der Waals surface area contributed by atoms with Gasteiger partial charge in [-0.05, 0) is 50.8 Å². The van der Waals surface area contributed by atoms with Gasteiger partial charge in [-0.15, -0.1) is 0 Å². The first-order valence-electron chi connectivity index (χ1n) is 9.63. The van der Waals surface area contributed by atoms with E-state index in [2.05, 4.69) is 0 Å². The minimum Gasteiger partial charge on any atom is -0.467 e. The van der Waals surface area contributed by atoms with Crippen LogP contribution in [0, 0.1) is 5.92 Å². The highest BCUT2D eigenvalue weighted by Crippen LogP contribution is 2.33. The number of amides is 1. The summed E-state index contributed by atoms with van der Waals surface area (Å²) in [6.45, 7) is 5.32. The Morgan fingerprint density at radius 1 is 1.14 bits per heavy atom. The Bertz CT molecular complexity index is 818. The lowest BCUT2D eigenvalue weighted by atomic mass is 10.1. The Kier molecular flexibility index (Phi) is 6.08. The van der Waals surface area contributed by atoms with Gasteiger partial charge in [-0.25, -0.2) is 9.59 Å². The standard InChI is InChI=1S/C21H26ClNO6/c1-21(2,3)29-20(26)23-11-14(10-17(23)19(25)27-4)28-18(24)13-8-12-6-5-7-16(22)15(12)9-13/h5-7,13-14,17H,8-11H2,1-4H3/t13?,14-,17+/m1/s1. The summed E-state index contributed by atoms with van der Waals surface area (Å²) >= 11 is 6.22. The van der Waals surface area contributed by atoms with Crippen molar-refractivity contribution in [3.8, 4) is 0 Å². The minimum atomic E-state index is -0.845. The fourth-order valence-corrected chi connectivity index (χ4v) is 4.07. The maximum Gasteiger partial charge on any atom is 0.411 e. The van der Waals surface area contributed by atoms with Crippen molar-refractivity contribution in [2.75, 3.05) is 13.7 Å². The molecule has 0 aromatic heterocycles. The van der Waals surface area contributed by atoms with E-state index in [-0.39, 0.29) is 24.9 Å². The monoisotopic (exact) mass is 423 g/mol. The van der Waals surface area contributed by atoms with Crippen LogP contribution in [-0.2, 0) is 36.6 Å². The van der Waals surface area contributed by atoms with Gasteiger partial charge in [0.05, 0.1) is 19.6 Å². The third-order valence-electron chi connectivity index (χ3n) is 5.11. The lowest BCUT2D eigenvalue weighted by Gasteiger charge is -2.27. The van der Waals surface area contributed by atoms with Crippen molar-refractivity contribution >= 4 is 29.6 Å². The first-order valence-corrected chi connectivity index (χ1v) is 10.0. The molecular formula is C21H26ClNO6. The highest BCUT2D eigenvalue weighted by Gasteiger charge is 2.44. The lowest BCUT2D eigenvalue weighted by molar-refractivity contribution is -0.153. The molecule has 1 aliphatic carbocycles. The van der Waals surface area contributed by atoms with E-state index in [0.29, 0.717) is 17.9 Å². The molecule has 1 amide bonds. The van der Waals surface area contributed by atoms with Crippen molar-refractivity contribution in [3.05, 3.63) is 34.3 Å². The van der Waals surface area contributed by atoms with Crippen molar-refractivity contribution < 1.29 is 28.6 Å². The number of likely N-dealkylation sites (tertiary alicyclic amines) is 1. The second-order valence-corrected chi connectivity index (χ2v) is 8.86. The average molecular weight is 424 g/mol. The molecule has 8 heteroatoms. The van der Waals surface area contributed by atoms with Gasteiger partial charge in [-0.3, -0.25) is 9.69 Å². The van der Waals surface area contributed by atoms with E-state index in [1.165, 1.54) is 12.0 Å². The van der Waals surface area contributed by atoms with Crippen LogP contribution in [0.1, 0.15) is 38.3 Å². The van der Waals surface area contributed by atoms with Crippen LogP contribution in [0.4, 0.5) is 4.79 Å². The molecule has 1 aromatic rings. The quantitative estimate of drug-likeness (QED) is 0.548. The molecule has 0 bridgehead atoms. The van der Waals surface area contributed by atoms with E-state index < -0.39 is 29.8 Å². The van der Waals surface area contributed by atoms with Gasteiger partial charge < -0.3 is 14.2 Å². The SMILES string of the molecule is COC(=O)[C@@H]1C[C@@H](OC(=O)C2Cc3cccc(Cl)c3C2)CN1C(=O)OC(C)(C)C. The van der Waals surface area contributed by atoms with Crippen LogP contribution in [0.5, 0.6) is 0 Å². The van der Waals surface area contributed by atoms with E-state index in [4.69, 9.17) is 25.8 Å². The van der Waals surface area contributed by atoms with Crippen molar-refractivity contribution in [3.63, 3.8) is 0 Å². The van der Waals surface area contributed by atoms with Gasteiger partial charge in [-0.2, -0.15) is 0 Å². The zero-order chi connectivity index (χ0) is 21.3. The van der Waals surface area contributed by atoms with E-state index in [1.807, 2.05) is 18.2 Å². The Labute approximate surface area is 175 Å². The van der Waals surface area contributed by atoms with Gasteiger partial charge in [-0.1, -0.05) is 23.7 Å². The van der Waals surface area contributed by atoms with Gasteiger partial charge in [0.15, 0.2) is 0 Å². The van der Waals surface area contributed by atoms with Gasteiger partial charge in [0.25, 0.3) is 0 Å². The molecule has 1 heterocycles. The molecule has 1 saturated heterocycles. The molecule has 1 unspecified atom stereocenters. The van der Waals surface area contributed by atoms with E-state index >= 15 is 0 Å². The number of hydrogen-bond donors (Lipinski definition) is 0. The second-order valence-electron chi connectivity index (χ2n) is 8.45. The molecule has 0 radical (unpaired) electrons. The summed E-state index contributed by atoms with van der Waals surface area (Å²) in [5.74, 6) is -1.23. The van der Waals surface area contributed by atoms with Crippen molar-refractivity contribution in [2.45, 2.75) is 57.8 Å². The van der Waals surface area contributed by atoms with Crippen LogP contribution < -0.4 is 0 Å². The largest absolute Gasteiger partial charge is 0.467 e. The molecule has 1 aliphatic heterocycles. The summed E-state index contributed by atoms with van der Waals surface area (Å²) in [6, 6.07) is 4.79. The maximum absolute atomic E-state index is 12.7. The highest BCUT2D eigenvalue weighted by atomic mass is 35.5. The Hall–Kier alpha value is -2.28. The number of halogens is 1. The van der Waals surface area contributed by atoms with E-state index in [9.17, 15) is 14.4 Å². The van der Waals surface area contributed by atoms with Crippen LogP contribution >= 0.6 is 11.6 Å². The van der Waals surface area contributed by atoms with Crippen LogP contribution in [0.15, 0.2) is 18.2 Å². The Balaban J connectivity index is 1.65. The molecule has 0 spiro atoms. The predicted octanol–water partition coefficient (Wildman–Crippen LogP) is 3.15. The van der Waals surface area contributed by atoms with Crippen molar-refractivity contribution in [1.82, 2.24) is 4.90 Å². The molecule has 1 aromatic carbocycles. The predicted molar refractivity (Wildman–Crippen MR) is 106 cm³/mol. The van der Waals surface area contributed by atoms with Gasteiger partial charge in [0.1, 0.15) is 17.7 Å². The first kappa shape index (κ1) is 21.4. The normalized spacial score (nSPS) is 23.5. The molecule has 0 N–H and O–H groups in total. The smallest absolute Gasteiger partial charge is 0.411 e. The maximum atomic E-state index is 12.7. The second kappa shape index (κ2) is 8.22. The number of ether oxygens (including phenoxy) is 3. The lowest BCUT2D eigenvalue weighted by Crippen LogP contribution is -2.44. The topological polar surface area (TPSA) is 82.1 Å². The number of esters is 2. The number of methoxy groups -OCH3 is 1. The Morgan fingerprint density at radius 3 is 2.48 bits per heavy atom. The highest BCUT2D eigenvalue weighted by molar-refractivity contribution is 6.31. The average Bonchev–Trinajstić information content (AvgIpc) is 3.25. The number of nitrogens with zero attached hydrogens (tertiary/aromatic N) is 1. The van der Waals surface area contributed by atoms with Crippen LogP contribution in [0.2, 0.25) is 5.02 Å². The fourth-order valence-electron chi connectivity index (χ4n) is 3.80. The number of fused-ring (bicyclic) bond motifs is 1. The third kappa shape index (κ3) is 4.83. The van der Waals surface area contributed by atoms with E-state index in [1.54, 1.807) is 20.8 Å². The number of benzene rings is 1. The van der Waals surface area contributed by atoms with E-state index in [0.717, 1.165) is 11.1 Å². The molecular weight excluding hydrogens is 398 g/mol. The number of hydrogen-bond acceptors (Lipinski definition) is 6. The zero-order valence-electron chi connectivity index (χ0n) is 17.1. The molecule has 0 saturated carbocycles. The summed E-state index contributed by atoms with van der Waals surface area (Å²) in [5, 5.41) is 0.653. The zero-order valence-corrected chi connectivity index (χ0v) is 17.8. The first-order chi connectivity index (χ1) is 13.6. The molecule has 2 aliphatic rings. The van der Waals surface area contributed by atoms with Crippen LogP contribution in [-0.4, -0.2) is 54.3 Å². The molecule has 1 fully saturated rings. The van der Waals surface area contributed by atoms with Crippen LogP contribution in [0.3, 0.4) is 0 Å². The summed E-state index contributed by atoms with van der Waals surface area (Å²) < 4.78 is 15.9. The number of carbonyl (C=O) groups excluding carboxylic acids is 3. The van der Waals surface area contributed by atoms with Gasteiger partial charge in [0.2, 0.25) is 0 Å². The molecule has 7 nitrogen and oxygen atoms in total. The molecule has 3 atom stereocenters. The summed E-state index contributed by atoms with van der Waals surface area (Å²) in [7, 11) is 1.26. The van der Waals surface area contributed by atoms with Crippen molar-refractivity contribution in [2.24, 2.45) is 5.92 Å². The van der Waals surface area contributed by atoms with Gasteiger partial charge >= 0.3 is 18.0 Å². The summed E-state index contributed by atoms with van der Waals surface area (Å²) in [6.07, 6.45) is 0.0387. The fraction of sp³-hybridized carbons (Fsp3) is 0.571. The minimum absolute atomic E-state index is 0.0842.